The molecular weight excluding hydrogens is 292 g/mol. The van der Waals surface area contributed by atoms with Crippen molar-refractivity contribution >= 4 is 5.97 Å². The van der Waals surface area contributed by atoms with Gasteiger partial charge in [-0.2, -0.15) is 0 Å². The van der Waals surface area contributed by atoms with Gasteiger partial charge in [-0.15, -0.1) is 0 Å². The average molecular weight is 318 g/mol. The average Bonchev–Trinajstić information content (AvgIpc) is 3.28. The van der Waals surface area contributed by atoms with Crippen molar-refractivity contribution in [2.75, 3.05) is 6.61 Å². The van der Waals surface area contributed by atoms with Crippen LogP contribution in [0.3, 0.4) is 0 Å². The Balaban J connectivity index is 1.39. The third-order valence-electron chi connectivity index (χ3n) is 6.33. The standard InChI is InChI=1S/C18H26N2O3/c1-3-22-18(21)16-9-17(23-20-16)10(2)19-15-8-11-7-14(15)13-6-4-5-12(11)13/h9-15,19H,3-8H2,1-2H3/t10?,11-,12+,13+,14-,15+/m0/s1. The smallest absolute Gasteiger partial charge is 0.360 e. The number of carbonyl (C=O) groups excluding carboxylic acids is 1. The molecule has 3 fully saturated rings. The molecule has 126 valence electrons. The van der Waals surface area contributed by atoms with Crippen molar-refractivity contribution < 1.29 is 14.1 Å². The quantitative estimate of drug-likeness (QED) is 0.844. The molecule has 0 aromatic carbocycles. The van der Waals surface area contributed by atoms with Crippen molar-refractivity contribution in [1.29, 1.82) is 0 Å². The molecule has 1 aromatic heterocycles. The summed E-state index contributed by atoms with van der Waals surface area (Å²) < 4.78 is 10.3. The number of rotatable bonds is 5. The zero-order valence-electron chi connectivity index (χ0n) is 14.0. The van der Waals surface area contributed by atoms with Crippen molar-refractivity contribution in [3.05, 3.63) is 17.5 Å². The summed E-state index contributed by atoms with van der Waals surface area (Å²) >= 11 is 0. The minimum absolute atomic E-state index is 0.0786. The lowest BCUT2D eigenvalue weighted by atomic mass is 9.79. The minimum atomic E-state index is -0.413. The maximum Gasteiger partial charge on any atom is 0.360 e. The Kier molecular flexibility index (Phi) is 3.92. The van der Waals surface area contributed by atoms with Crippen LogP contribution in [0.25, 0.3) is 0 Å². The SMILES string of the molecule is CCOC(=O)c1cc(C(C)N[C@@H]2C[C@@H]3C[C@H]2[C@@H]2CCC[C@H]32)on1. The molecule has 0 spiro atoms. The first-order valence-electron chi connectivity index (χ1n) is 9.07. The first kappa shape index (κ1) is 15.2. The van der Waals surface area contributed by atoms with Crippen LogP contribution in [0.15, 0.2) is 10.6 Å². The van der Waals surface area contributed by atoms with E-state index in [0.29, 0.717) is 12.6 Å². The largest absolute Gasteiger partial charge is 0.461 e. The fourth-order valence-corrected chi connectivity index (χ4v) is 5.46. The van der Waals surface area contributed by atoms with Gasteiger partial charge in [-0.1, -0.05) is 11.6 Å². The highest BCUT2D eigenvalue weighted by molar-refractivity contribution is 5.87. The molecule has 1 heterocycles. The number of ether oxygens (including phenoxy) is 1. The van der Waals surface area contributed by atoms with Gasteiger partial charge in [0.15, 0.2) is 11.5 Å². The van der Waals surface area contributed by atoms with Gasteiger partial charge in [0.05, 0.1) is 12.6 Å². The van der Waals surface area contributed by atoms with E-state index in [2.05, 4.69) is 17.4 Å². The fourth-order valence-electron chi connectivity index (χ4n) is 5.46. The molecule has 23 heavy (non-hydrogen) atoms. The van der Waals surface area contributed by atoms with Crippen LogP contribution in [-0.4, -0.2) is 23.8 Å². The maximum absolute atomic E-state index is 11.7. The van der Waals surface area contributed by atoms with Crippen molar-refractivity contribution in [2.45, 2.75) is 58.0 Å². The monoisotopic (exact) mass is 318 g/mol. The van der Waals surface area contributed by atoms with E-state index in [9.17, 15) is 4.79 Å². The van der Waals surface area contributed by atoms with E-state index in [1.165, 1.54) is 32.1 Å². The lowest BCUT2D eigenvalue weighted by Gasteiger charge is -2.33. The third kappa shape index (κ3) is 2.59. The van der Waals surface area contributed by atoms with E-state index in [1.807, 2.05) is 0 Å². The molecule has 3 saturated carbocycles. The molecule has 1 aromatic rings. The molecule has 2 bridgehead atoms. The Morgan fingerprint density at radius 1 is 1.39 bits per heavy atom. The van der Waals surface area contributed by atoms with Gasteiger partial charge in [0, 0.05) is 12.1 Å². The van der Waals surface area contributed by atoms with Crippen LogP contribution in [0.2, 0.25) is 0 Å². The Morgan fingerprint density at radius 2 is 2.22 bits per heavy atom. The zero-order valence-corrected chi connectivity index (χ0v) is 14.0. The second-order valence-electron chi connectivity index (χ2n) is 7.48. The summed E-state index contributed by atoms with van der Waals surface area (Å²) in [6.45, 7) is 4.23. The first-order valence-corrected chi connectivity index (χ1v) is 9.07. The van der Waals surface area contributed by atoms with E-state index < -0.39 is 5.97 Å². The van der Waals surface area contributed by atoms with E-state index in [0.717, 1.165) is 29.4 Å². The molecule has 0 amide bonds. The Morgan fingerprint density at radius 3 is 3.04 bits per heavy atom. The second kappa shape index (κ2) is 5.93. The highest BCUT2D eigenvalue weighted by Gasteiger charge is 2.53. The Hall–Kier alpha value is -1.36. The van der Waals surface area contributed by atoms with Gasteiger partial charge in [0.1, 0.15) is 0 Å². The van der Waals surface area contributed by atoms with Crippen LogP contribution in [-0.2, 0) is 4.74 Å². The molecule has 1 unspecified atom stereocenters. The topological polar surface area (TPSA) is 64.4 Å². The van der Waals surface area contributed by atoms with E-state index >= 15 is 0 Å². The number of nitrogens with one attached hydrogen (secondary N) is 1. The van der Waals surface area contributed by atoms with Gasteiger partial charge >= 0.3 is 5.97 Å². The van der Waals surface area contributed by atoms with Crippen molar-refractivity contribution in [1.82, 2.24) is 10.5 Å². The van der Waals surface area contributed by atoms with Crippen LogP contribution in [0.4, 0.5) is 0 Å². The van der Waals surface area contributed by atoms with E-state index in [-0.39, 0.29) is 11.7 Å². The number of hydrogen-bond donors (Lipinski definition) is 1. The lowest BCUT2D eigenvalue weighted by Crippen LogP contribution is -2.40. The molecule has 5 heteroatoms. The number of carbonyl (C=O) groups is 1. The first-order chi connectivity index (χ1) is 11.2. The number of hydrogen-bond acceptors (Lipinski definition) is 5. The van der Waals surface area contributed by atoms with Crippen molar-refractivity contribution in [2.24, 2.45) is 23.7 Å². The third-order valence-corrected chi connectivity index (χ3v) is 6.33. The molecule has 6 atom stereocenters. The summed E-state index contributed by atoms with van der Waals surface area (Å²) in [5.74, 6) is 4.03. The van der Waals surface area contributed by atoms with Crippen LogP contribution < -0.4 is 5.32 Å². The number of aromatic nitrogens is 1. The number of nitrogens with zero attached hydrogens (tertiary/aromatic N) is 1. The highest BCUT2D eigenvalue weighted by Crippen LogP contribution is 2.58. The lowest BCUT2D eigenvalue weighted by molar-refractivity contribution is 0.0514. The van der Waals surface area contributed by atoms with Gasteiger partial charge in [-0.05, 0) is 63.2 Å². The molecular formula is C18H26N2O3. The molecule has 0 saturated heterocycles. The summed E-state index contributed by atoms with van der Waals surface area (Å²) in [5.41, 5.74) is 0.263. The van der Waals surface area contributed by atoms with Gasteiger partial charge in [-0.3, -0.25) is 0 Å². The van der Waals surface area contributed by atoms with E-state index in [1.54, 1.807) is 13.0 Å². The van der Waals surface area contributed by atoms with Crippen molar-refractivity contribution in [3.63, 3.8) is 0 Å². The summed E-state index contributed by atoms with van der Waals surface area (Å²) in [5, 5.41) is 7.58. The summed E-state index contributed by atoms with van der Waals surface area (Å²) in [4.78, 5) is 11.7. The zero-order chi connectivity index (χ0) is 16.0. The van der Waals surface area contributed by atoms with Crippen LogP contribution in [0.5, 0.6) is 0 Å². The van der Waals surface area contributed by atoms with Gasteiger partial charge in [0.2, 0.25) is 0 Å². The predicted octanol–water partition coefficient (Wildman–Crippen LogP) is 3.33. The van der Waals surface area contributed by atoms with Crippen molar-refractivity contribution in [3.8, 4) is 0 Å². The Bertz CT molecular complexity index is 585. The molecule has 5 nitrogen and oxygen atoms in total. The molecule has 3 aliphatic rings. The maximum atomic E-state index is 11.7. The molecule has 4 rings (SSSR count). The van der Waals surface area contributed by atoms with Crippen LogP contribution in [0.1, 0.15) is 68.2 Å². The van der Waals surface area contributed by atoms with Gasteiger partial charge in [-0.25, -0.2) is 4.79 Å². The molecule has 0 radical (unpaired) electrons. The summed E-state index contributed by atoms with van der Waals surface area (Å²) in [6, 6.07) is 2.38. The number of esters is 1. The predicted molar refractivity (Wildman–Crippen MR) is 84.8 cm³/mol. The normalized spacial score (nSPS) is 36.2. The van der Waals surface area contributed by atoms with Gasteiger partial charge < -0.3 is 14.6 Å². The Labute approximate surface area is 137 Å². The van der Waals surface area contributed by atoms with Crippen LogP contribution >= 0.6 is 0 Å². The summed E-state index contributed by atoms with van der Waals surface area (Å²) in [7, 11) is 0. The van der Waals surface area contributed by atoms with Gasteiger partial charge in [0.25, 0.3) is 0 Å². The summed E-state index contributed by atoms with van der Waals surface area (Å²) in [6.07, 6.45) is 7.02. The molecule has 1 N–H and O–H groups in total. The van der Waals surface area contributed by atoms with E-state index in [4.69, 9.17) is 9.26 Å². The fraction of sp³-hybridized carbons (Fsp3) is 0.778. The number of fused-ring (bicyclic) bond motifs is 5. The second-order valence-corrected chi connectivity index (χ2v) is 7.48. The molecule has 0 aliphatic heterocycles. The minimum Gasteiger partial charge on any atom is -0.461 e. The highest BCUT2D eigenvalue weighted by atomic mass is 16.5. The molecule has 3 aliphatic carbocycles. The van der Waals surface area contributed by atoms with Crippen LogP contribution in [0, 0.1) is 23.7 Å².